The van der Waals surface area contributed by atoms with Crippen LogP contribution in [0.4, 0.5) is 0 Å². The zero-order chi connectivity index (χ0) is 84.8. The van der Waals surface area contributed by atoms with Crippen LogP contribution in [-0.4, -0.2) is 327 Å². The molecule has 0 unspecified atom stereocenters. The van der Waals surface area contributed by atoms with Gasteiger partial charge in [0, 0.05) is 199 Å². The van der Waals surface area contributed by atoms with Crippen molar-refractivity contribution in [1.29, 1.82) is 0 Å². The number of hydrogen-bond donors (Lipinski definition) is 0. The highest BCUT2D eigenvalue weighted by Crippen LogP contribution is 2.20. The van der Waals surface area contributed by atoms with Crippen molar-refractivity contribution < 1.29 is 0 Å². The zero-order valence-electron chi connectivity index (χ0n) is 76.4. The molecule has 117 heavy (non-hydrogen) atoms. The van der Waals surface area contributed by atoms with Crippen LogP contribution in [0.3, 0.4) is 0 Å². The fraction of sp³-hybridized carbons (Fsp3) is 0.576. The molecule has 0 spiro atoms. The average Bonchev–Trinajstić information content (AvgIpc) is 1.88. The lowest BCUT2D eigenvalue weighted by atomic mass is 10.2. The SMILES string of the molecule is CC(C)N(C)CCN(C)CCSCc1ccccc1.CCCCN(C)CCN(C)CCSCc1ccccc1.CCCN(C)CCN(C)CCSCc1ccccc1.CCN(C)CCN(C)CCSCc1ccccc1.CN(C)CCN(C)CCSCc1ccccc1.c1ccc(CN(CCSc2ccccc2)CCN2CCCC2)cc1. The monoisotopic (exact) mass is 1710 g/mol. The summed E-state index contributed by atoms with van der Waals surface area (Å²) < 4.78 is 0. The molecule has 1 fully saturated rings. The van der Waals surface area contributed by atoms with Gasteiger partial charge in [0.1, 0.15) is 0 Å². The zero-order valence-corrected chi connectivity index (χ0v) is 81.3. The molecule has 656 valence electrons. The molecule has 7 aromatic rings. The van der Waals surface area contributed by atoms with Crippen LogP contribution in [0.5, 0.6) is 0 Å². The molecule has 0 radical (unpaired) electrons. The average molecular weight is 1710 g/mol. The first kappa shape index (κ1) is 107. The van der Waals surface area contributed by atoms with Crippen LogP contribution in [0, 0.1) is 0 Å². The van der Waals surface area contributed by atoms with E-state index in [1.54, 1.807) is 0 Å². The molecule has 0 aromatic heterocycles. The molecule has 0 atom stereocenters. The van der Waals surface area contributed by atoms with Crippen LogP contribution < -0.4 is 0 Å². The summed E-state index contributed by atoms with van der Waals surface area (Å²) >= 11 is 12.1. The lowest BCUT2D eigenvalue weighted by Crippen LogP contribution is -2.35. The number of benzene rings is 7. The van der Waals surface area contributed by atoms with Crippen molar-refractivity contribution in [1.82, 2.24) is 58.8 Å². The molecule has 18 heteroatoms. The summed E-state index contributed by atoms with van der Waals surface area (Å²) in [5.41, 5.74) is 8.56. The van der Waals surface area contributed by atoms with Gasteiger partial charge < -0.3 is 53.9 Å². The first-order valence-corrected chi connectivity index (χ1v) is 50.7. The highest BCUT2D eigenvalue weighted by molar-refractivity contribution is 7.99. The summed E-state index contributed by atoms with van der Waals surface area (Å²) in [5.74, 6) is 12.8. The molecule has 0 bridgehead atoms. The number of thioether (sulfide) groups is 6. The molecular weight excluding hydrogens is 1550 g/mol. The number of unbranched alkanes of at least 4 members (excludes halogenated alkanes) is 1. The third-order valence-electron chi connectivity index (χ3n) is 20.5. The van der Waals surface area contributed by atoms with Crippen LogP contribution in [0.2, 0.25) is 0 Å². The number of likely N-dealkylation sites (tertiary alicyclic amines) is 1. The molecule has 1 heterocycles. The molecule has 1 aliphatic heterocycles. The Morgan fingerprint density at radius 3 is 0.906 bits per heavy atom. The lowest BCUT2D eigenvalue weighted by Gasteiger charge is -2.25. The topological polar surface area (TPSA) is 38.9 Å². The van der Waals surface area contributed by atoms with E-state index in [1.165, 1.54) is 197 Å². The fourth-order valence-electron chi connectivity index (χ4n) is 11.9. The van der Waals surface area contributed by atoms with E-state index < -0.39 is 0 Å². The third-order valence-corrected chi connectivity index (χ3v) is 26.6. The van der Waals surface area contributed by atoms with Crippen molar-refractivity contribution in [3.05, 3.63) is 246 Å². The van der Waals surface area contributed by atoms with Crippen molar-refractivity contribution in [3.8, 4) is 0 Å². The van der Waals surface area contributed by atoms with E-state index in [1.807, 2.05) is 70.6 Å². The number of rotatable bonds is 56. The Labute approximate surface area is 744 Å². The van der Waals surface area contributed by atoms with Crippen molar-refractivity contribution in [3.63, 3.8) is 0 Å². The van der Waals surface area contributed by atoms with Crippen LogP contribution in [0.15, 0.2) is 217 Å². The Hall–Kier alpha value is -3.84. The Balaban J connectivity index is 0.000000365. The van der Waals surface area contributed by atoms with Gasteiger partial charge in [0.05, 0.1) is 0 Å². The van der Waals surface area contributed by atoms with Gasteiger partial charge in [-0.2, -0.15) is 58.8 Å². The summed E-state index contributed by atoms with van der Waals surface area (Å²) in [6, 6.07) is 75.8. The third kappa shape index (κ3) is 62.9. The second kappa shape index (κ2) is 73.7. The van der Waals surface area contributed by atoms with Crippen molar-refractivity contribution >= 4 is 70.6 Å². The molecule has 0 saturated carbocycles. The van der Waals surface area contributed by atoms with E-state index in [2.05, 4.69) is 383 Å². The highest BCUT2D eigenvalue weighted by atomic mass is 32.2. The molecule has 7 aromatic carbocycles. The van der Waals surface area contributed by atoms with Crippen LogP contribution in [0.1, 0.15) is 100 Å². The van der Waals surface area contributed by atoms with Crippen molar-refractivity contribution in [2.24, 2.45) is 0 Å². The van der Waals surface area contributed by atoms with Gasteiger partial charge in [0.25, 0.3) is 0 Å². The van der Waals surface area contributed by atoms with Gasteiger partial charge >= 0.3 is 0 Å². The Bertz CT molecular complexity index is 3230. The Morgan fingerprint density at radius 1 is 0.291 bits per heavy atom. The van der Waals surface area contributed by atoms with Crippen LogP contribution >= 0.6 is 70.6 Å². The van der Waals surface area contributed by atoms with Crippen molar-refractivity contribution in [2.45, 2.75) is 113 Å². The smallest absolute Gasteiger partial charge is 0.0234 e. The predicted octanol–water partition coefficient (Wildman–Crippen LogP) is 19.6. The summed E-state index contributed by atoms with van der Waals surface area (Å²) in [6.07, 6.45) is 6.60. The summed E-state index contributed by atoms with van der Waals surface area (Å²) in [5, 5.41) is 0. The standard InChI is InChI=1S/C21H28N2S.C17H30N2S.2C16H28N2S.C15H26N2S.C14H24N2S/c1-3-9-20(10-4-1)19-23(16-15-22-13-7-8-14-22)17-18-24-21-11-5-2-6-12-21;1-4-5-11-18(2)12-13-19(3)14-15-20-16-17-9-7-6-8-10-17;1-15(2)18(4)11-10-17(3)12-13-19-14-16-8-6-5-7-9-16;1-4-10-17(2)11-12-18(3)13-14-19-15-16-8-6-5-7-9-16;1-4-16(2)10-11-17(3)12-13-18-14-15-8-6-5-7-9-15;1-15(2)9-10-16(3)11-12-17-13-14-7-5-4-6-8-14/h1-6,9-12H,7-8,13-19H2;6-10H,4-5,11-16H2,1-3H3;5-9,15H,10-14H2,1-4H3;5-9H,4,10-15H2,1-3H3;5-9H,4,10-14H2,1-3H3;4-8H,9-13H2,1-3H3. The maximum atomic E-state index is 2.61. The summed E-state index contributed by atoms with van der Waals surface area (Å²) in [7, 11) is 24.2. The molecule has 0 aliphatic carbocycles. The number of nitrogens with zero attached hydrogens (tertiary/aromatic N) is 12. The number of hydrogen-bond acceptors (Lipinski definition) is 18. The fourth-order valence-corrected chi connectivity index (χ4v) is 17.9. The predicted molar refractivity (Wildman–Crippen MR) is 535 cm³/mol. The summed E-state index contributed by atoms with van der Waals surface area (Å²) in [6.45, 7) is 39.4. The number of likely N-dealkylation sites (N-methyl/N-ethyl adjacent to an activating group) is 10. The van der Waals surface area contributed by atoms with Crippen molar-refractivity contribution in [2.75, 3.05) is 263 Å². The van der Waals surface area contributed by atoms with E-state index >= 15 is 0 Å². The van der Waals surface area contributed by atoms with E-state index in [0.717, 1.165) is 93.4 Å². The van der Waals surface area contributed by atoms with Gasteiger partial charge in [-0.1, -0.05) is 227 Å². The first-order chi connectivity index (χ1) is 56.8. The molecule has 0 amide bonds. The second-order valence-electron chi connectivity index (χ2n) is 31.9. The molecular formula is C99H164N12S6. The van der Waals surface area contributed by atoms with Crippen LogP contribution in [-0.2, 0) is 35.3 Å². The van der Waals surface area contributed by atoms with Gasteiger partial charge in [-0.3, -0.25) is 4.90 Å². The van der Waals surface area contributed by atoms with Gasteiger partial charge in [-0.15, -0.1) is 11.8 Å². The minimum absolute atomic E-state index is 0.640. The minimum Gasteiger partial charge on any atom is -0.308 e. The molecule has 0 N–H and O–H groups in total. The Morgan fingerprint density at radius 2 is 0.590 bits per heavy atom. The highest BCUT2D eigenvalue weighted by Gasteiger charge is 2.15. The molecule has 1 aliphatic rings. The van der Waals surface area contributed by atoms with E-state index in [0.29, 0.717) is 6.04 Å². The minimum atomic E-state index is 0.640. The quantitative estimate of drug-likeness (QED) is 0.0268. The largest absolute Gasteiger partial charge is 0.308 e. The van der Waals surface area contributed by atoms with Gasteiger partial charge in [0.2, 0.25) is 0 Å². The molecule has 1 saturated heterocycles. The lowest BCUT2D eigenvalue weighted by molar-refractivity contribution is 0.228. The van der Waals surface area contributed by atoms with Gasteiger partial charge in [0.15, 0.2) is 0 Å². The first-order valence-electron chi connectivity index (χ1n) is 43.9. The second-order valence-corrected chi connectivity index (χ2v) is 38.6. The molecule has 8 rings (SSSR count). The van der Waals surface area contributed by atoms with E-state index in [4.69, 9.17) is 0 Å². The van der Waals surface area contributed by atoms with E-state index in [-0.39, 0.29) is 0 Å². The maximum absolute atomic E-state index is 2.61. The van der Waals surface area contributed by atoms with Crippen LogP contribution in [0.25, 0.3) is 0 Å². The van der Waals surface area contributed by atoms with E-state index in [9.17, 15) is 0 Å². The maximum Gasteiger partial charge on any atom is 0.0234 e. The van der Waals surface area contributed by atoms with Gasteiger partial charge in [-0.05, 0) is 195 Å². The Kier molecular flexibility index (Phi) is 67.6. The molecule has 12 nitrogen and oxygen atoms in total. The van der Waals surface area contributed by atoms with Gasteiger partial charge in [-0.25, -0.2) is 0 Å². The normalized spacial score (nSPS) is 12.2. The summed E-state index contributed by atoms with van der Waals surface area (Å²) in [4.78, 5) is 30.6.